The number of halogens is 1. The Morgan fingerprint density at radius 1 is 1.40 bits per heavy atom. The number of oxime groups is 1. The van der Waals surface area contributed by atoms with E-state index in [4.69, 9.17) is 0 Å². The van der Waals surface area contributed by atoms with Crippen LogP contribution in [0.25, 0.3) is 0 Å². The maximum absolute atomic E-state index is 13.1. The summed E-state index contributed by atoms with van der Waals surface area (Å²) in [6.45, 7) is 4.99. The summed E-state index contributed by atoms with van der Waals surface area (Å²) in [5.41, 5.74) is 0.684. The molecule has 1 aromatic carbocycles. The second-order valence-electron chi connectivity index (χ2n) is 5.79. The number of nitrogens with zero attached hydrogens (tertiary/aromatic N) is 5. The lowest BCUT2D eigenvalue weighted by molar-refractivity contribution is -0.763. The van der Waals surface area contributed by atoms with Crippen LogP contribution in [0.15, 0.2) is 39.9 Å². The van der Waals surface area contributed by atoms with Gasteiger partial charge in [0.15, 0.2) is 6.54 Å². The summed E-state index contributed by atoms with van der Waals surface area (Å²) >= 11 is 0. The molecule has 2 rings (SSSR count). The largest absolute Gasteiger partial charge is 0.483 e. The maximum Gasteiger partial charge on any atom is 0.483 e. The smallest absolute Gasteiger partial charge is 0.399 e. The van der Waals surface area contributed by atoms with E-state index in [-0.39, 0.29) is 12.6 Å². The molecule has 0 fully saturated rings. The number of urea groups is 2. The van der Waals surface area contributed by atoms with Crippen molar-refractivity contribution in [3.8, 4) is 0 Å². The van der Waals surface area contributed by atoms with Crippen LogP contribution in [-0.2, 0) is 4.84 Å². The highest BCUT2D eigenvalue weighted by Crippen LogP contribution is 2.28. The second-order valence-corrected chi connectivity index (χ2v) is 5.79. The minimum atomic E-state index is -0.964. The number of imide groups is 1. The van der Waals surface area contributed by atoms with Crippen LogP contribution in [-0.4, -0.2) is 42.1 Å². The number of carbonyl (C=O) groups excluding carboxylic acids is 2. The molecular formula is C15H20FN6O3+. The number of carbonyl (C=O) groups is 2. The lowest BCUT2D eigenvalue weighted by atomic mass is 10.3. The quantitative estimate of drug-likeness (QED) is 0.502. The molecule has 0 saturated heterocycles. The van der Waals surface area contributed by atoms with Gasteiger partial charge in [0, 0.05) is 6.04 Å². The standard InChI is InChI=1S/C15H19FN6O3/c1-10(2)17-14(23)22(9-11(3)18-25-4)15(24)21(19-20-22)13-7-5-12(16)6-8-13/h5-8,10H,9H2,1-4H3/p+1. The molecule has 10 heteroatoms. The van der Waals surface area contributed by atoms with Crippen LogP contribution >= 0.6 is 0 Å². The number of anilines is 1. The predicted molar refractivity (Wildman–Crippen MR) is 88.0 cm³/mol. The molecule has 1 atom stereocenters. The van der Waals surface area contributed by atoms with Crippen molar-refractivity contribution in [2.75, 3.05) is 18.7 Å². The molecule has 0 aliphatic carbocycles. The van der Waals surface area contributed by atoms with Crippen LogP contribution in [0.1, 0.15) is 20.8 Å². The number of rotatable bonds is 5. The molecule has 4 amide bonds. The molecule has 9 nitrogen and oxygen atoms in total. The van der Waals surface area contributed by atoms with Gasteiger partial charge in [0.2, 0.25) is 0 Å². The van der Waals surface area contributed by atoms with Gasteiger partial charge in [-0.05, 0) is 54.9 Å². The van der Waals surface area contributed by atoms with Crippen LogP contribution in [0.4, 0.5) is 19.7 Å². The molecule has 0 aromatic heterocycles. The van der Waals surface area contributed by atoms with Crippen molar-refractivity contribution in [2.45, 2.75) is 26.8 Å². The molecule has 1 N–H and O–H groups in total. The van der Waals surface area contributed by atoms with Gasteiger partial charge in [0.1, 0.15) is 18.6 Å². The van der Waals surface area contributed by atoms with Crippen LogP contribution in [0.2, 0.25) is 0 Å². The van der Waals surface area contributed by atoms with Gasteiger partial charge >= 0.3 is 12.1 Å². The molecule has 1 unspecified atom stereocenters. The highest BCUT2D eigenvalue weighted by molar-refractivity contribution is 5.96. The molecule has 0 radical (unpaired) electrons. The normalized spacial score (nSPS) is 20.3. The number of benzene rings is 1. The molecule has 0 saturated carbocycles. The Kier molecular flexibility index (Phi) is 5.42. The number of quaternary nitrogens is 1. The van der Waals surface area contributed by atoms with E-state index in [9.17, 15) is 14.0 Å². The van der Waals surface area contributed by atoms with Gasteiger partial charge in [0.25, 0.3) is 0 Å². The van der Waals surface area contributed by atoms with E-state index in [1.807, 2.05) is 0 Å². The van der Waals surface area contributed by atoms with E-state index in [1.54, 1.807) is 20.8 Å². The Labute approximate surface area is 144 Å². The van der Waals surface area contributed by atoms with Crippen LogP contribution < -0.4 is 10.3 Å². The molecule has 0 spiro atoms. The van der Waals surface area contributed by atoms with Crippen molar-refractivity contribution in [1.29, 1.82) is 0 Å². The fraction of sp³-hybridized carbons (Fsp3) is 0.400. The molecule has 134 valence electrons. The Morgan fingerprint density at radius 3 is 2.60 bits per heavy atom. The summed E-state index contributed by atoms with van der Waals surface area (Å²) in [4.78, 5) is 30.3. The molecule has 1 aliphatic heterocycles. The monoisotopic (exact) mass is 351 g/mol. The van der Waals surface area contributed by atoms with Crippen molar-refractivity contribution in [3.63, 3.8) is 0 Å². The molecule has 1 aliphatic rings. The Balaban J connectivity index is 2.38. The first-order valence-electron chi connectivity index (χ1n) is 7.59. The third-order valence-corrected chi connectivity index (χ3v) is 3.30. The zero-order chi connectivity index (χ0) is 18.6. The first-order chi connectivity index (χ1) is 11.8. The minimum Gasteiger partial charge on any atom is -0.399 e. The maximum atomic E-state index is 13.1. The zero-order valence-electron chi connectivity index (χ0n) is 14.4. The van der Waals surface area contributed by atoms with Crippen LogP contribution in [0, 0.1) is 5.82 Å². The van der Waals surface area contributed by atoms with Crippen molar-refractivity contribution in [3.05, 3.63) is 30.1 Å². The second kappa shape index (κ2) is 7.34. The van der Waals surface area contributed by atoms with Gasteiger partial charge in [0.05, 0.1) is 10.9 Å². The summed E-state index contributed by atoms with van der Waals surface area (Å²) < 4.78 is 12.1. The molecule has 1 heterocycles. The Bertz CT molecular complexity index is 718. The Hall–Kier alpha value is -2.88. The van der Waals surface area contributed by atoms with Gasteiger partial charge in [-0.3, -0.25) is 0 Å². The summed E-state index contributed by atoms with van der Waals surface area (Å²) in [5, 5.41) is 15.1. The average Bonchev–Trinajstić information content (AvgIpc) is 2.86. The average molecular weight is 351 g/mol. The lowest BCUT2D eigenvalue weighted by Gasteiger charge is -2.22. The number of amides is 4. The lowest BCUT2D eigenvalue weighted by Crippen LogP contribution is -2.60. The molecular weight excluding hydrogens is 331 g/mol. The Morgan fingerprint density at radius 2 is 2.04 bits per heavy atom. The van der Waals surface area contributed by atoms with Gasteiger partial charge in [-0.15, -0.1) is 5.01 Å². The highest BCUT2D eigenvalue weighted by atomic mass is 19.1. The number of hydrogen-bond donors (Lipinski definition) is 1. The van der Waals surface area contributed by atoms with E-state index < -0.39 is 22.5 Å². The topological polar surface area (TPSA) is 95.7 Å². The summed E-state index contributed by atoms with van der Waals surface area (Å²) in [6.07, 6.45) is 0. The molecule has 0 bridgehead atoms. The predicted octanol–water partition coefficient (Wildman–Crippen LogP) is 3.01. The summed E-state index contributed by atoms with van der Waals surface area (Å²) in [7, 11) is 1.36. The summed E-state index contributed by atoms with van der Waals surface area (Å²) in [6, 6.07) is 3.60. The van der Waals surface area contributed by atoms with Gasteiger partial charge in [-0.25, -0.2) is 14.0 Å². The van der Waals surface area contributed by atoms with Crippen molar-refractivity contribution >= 4 is 23.5 Å². The van der Waals surface area contributed by atoms with Crippen LogP contribution in [0.5, 0.6) is 0 Å². The highest BCUT2D eigenvalue weighted by Gasteiger charge is 2.56. The summed E-state index contributed by atoms with van der Waals surface area (Å²) in [5.74, 6) is -0.450. The number of hydrogen-bond acceptors (Lipinski definition) is 6. The number of nitrogens with one attached hydrogen (secondary N) is 1. The fourth-order valence-electron chi connectivity index (χ4n) is 2.25. The zero-order valence-corrected chi connectivity index (χ0v) is 14.4. The van der Waals surface area contributed by atoms with Crippen molar-refractivity contribution < 1.29 is 23.4 Å². The minimum absolute atomic E-state index is 0.146. The van der Waals surface area contributed by atoms with E-state index in [0.29, 0.717) is 11.4 Å². The van der Waals surface area contributed by atoms with Gasteiger partial charge in [-0.2, -0.15) is 0 Å². The van der Waals surface area contributed by atoms with Gasteiger partial charge < -0.3 is 10.2 Å². The van der Waals surface area contributed by atoms with E-state index in [0.717, 1.165) is 5.01 Å². The van der Waals surface area contributed by atoms with E-state index in [1.165, 1.54) is 31.4 Å². The SMILES string of the molecule is CON=C(C)C[N+]1(C(=O)NC(C)C)N=NN(c2ccc(F)cc2)C1=O. The fourth-order valence-corrected chi connectivity index (χ4v) is 2.25. The van der Waals surface area contributed by atoms with E-state index >= 15 is 0 Å². The molecule has 1 aromatic rings. The molecule has 25 heavy (non-hydrogen) atoms. The van der Waals surface area contributed by atoms with Crippen molar-refractivity contribution in [2.24, 2.45) is 15.6 Å². The third kappa shape index (κ3) is 3.79. The van der Waals surface area contributed by atoms with Crippen molar-refractivity contribution in [1.82, 2.24) is 5.32 Å². The van der Waals surface area contributed by atoms with Gasteiger partial charge in [-0.1, -0.05) is 5.16 Å². The first-order valence-corrected chi connectivity index (χ1v) is 7.59. The third-order valence-electron chi connectivity index (χ3n) is 3.30. The van der Waals surface area contributed by atoms with E-state index in [2.05, 4.69) is 25.8 Å². The first kappa shape index (κ1) is 18.5. The van der Waals surface area contributed by atoms with Crippen LogP contribution in [0.3, 0.4) is 0 Å².